The average molecular weight is 247 g/mol. The zero-order chi connectivity index (χ0) is 11.6. The van der Waals surface area contributed by atoms with Crippen LogP contribution in [0.3, 0.4) is 0 Å². The number of fused-ring (bicyclic) bond motifs is 2. The number of hydrogen-bond acceptors (Lipinski definition) is 3. The van der Waals surface area contributed by atoms with Gasteiger partial charge in [-0.05, 0) is 50.5 Å². The van der Waals surface area contributed by atoms with E-state index in [1.165, 1.54) is 25.7 Å². The van der Waals surface area contributed by atoms with Gasteiger partial charge >= 0.3 is 0 Å². The fraction of sp³-hybridized carbons (Fsp3) is 1.00. The molecular formula is C11H21NO3S. The molecule has 3 atom stereocenters. The van der Waals surface area contributed by atoms with Crippen molar-refractivity contribution in [3.05, 3.63) is 0 Å². The van der Waals surface area contributed by atoms with Gasteiger partial charge in [0, 0.05) is 6.04 Å². The Bertz CT molecular complexity index is 328. The number of hydrogen-bond donors (Lipinski definition) is 2. The van der Waals surface area contributed by atoms with Crippen molar-refractivity contribution in [2.75, 3.05) is 12.3 Å². The molecule has 0 aliphatic heterocycles. The number of unbranched alkanes of at least 4 members (excludes halogenated alkanes) is 1. The fourth-order valence-electron chi connectivity index (χ4n) is 3.19. The Morgan fingerprint density at radius 3 is 2.56 bits per heavy atom. The van der Waals surface area contributed by atoms with E-state index >= 15 is 0 Å². The largest absolute Gasteiger partial charge is 0.314 e. The molecule has 2 rings (SSSR count). The molecule has 0 radical (unpaired) electrons. The number of nitrogens with one attached hydrogen (secondary N) is 1. The SMILES string of the molecule is O=S(=O)(O)CCCCNC1CC2CCC1C2. The Morgan fingerprint density at radius 2 is 2.00 bits per heavy atom. The molecule has 2 aliphatic rings. The standard InChI is InChI=1S/C11H21NO3S/c13-16(14,15)6-2-1-5-12-11-8-9-3-4-10(11)7-9/h9-12H,1-8H2,(H,13,14,15). The van der Waals surface area contributed by atoms with E-state index in [-0.39, 0.29) is 5.75 Å². The average Bonchev–Trinajstić information content (AvgIpc) is 2.76. The minimum atomic E-state index is -3.76. The molecule has 2 bridgehead atoms. The van der Waals surface area contributed by atoms with Crippen LogP contribution in [0.4, 0.5) is 0 Å². The maximum absolute atomic E-state index is 10.5. The summed E-state index contributed by atoms with van der Waals surface area (Å²) in [6.45, 7) is 0.878. The highest BCUT2D eigenvalue weighted by atomic mass is 32.2. The first-order valence-corrected chi connectivity index (χ1v) is 7.84. The summed E-state index contributed by atoms with van der Waals surface area (Å²) in [4.78, 5) is 0. The lowest BCUT2D eigenvalue weighted by molar-refractivity contribution is 0.350. The summed E-state index contributed by atoms with van der Waals surface area (Å²) in [6.07, 6.45) is 6.85. The second-order valence-electron chi connectivity index (χ2n) is 5.23. The van der Waals surface area contributed by atoms with Crippen LogP contribution >= 0.6 is 0 Å². The third-order valence-electron chi connectivity index (χ3n) is 3.97. The quantitative estimate of drug-likeness (QED) is 0.550. The van der Waals surface area contributed by atoms with Crippen LogP contribution in [-0.4, -0.2) is 31.3 Å². The molecule has 2 fully saturated rings. The van der Waals surface area contributed by atoms with Crippen molar-refractivity contribution in [2.24, 2.45) is 11.8 Å². The molecule has 16 heavy (non-hydrogen) atoms. The summed E-state index contributed by atoms with van der Waals surface area (Å²) < 4.78 is 29.5. The highest BCUT2D eigenvalue weighted by molar-refractivity contribution is 7.85. The van der Waals surface area contributed by atoms with Crippen molar-refractivity contribution in [1.29, 1.82) is 0 Å². The van der Waals surface area contributed by atoms with Crippen molar-refractivity contribution in [3.8, 4) is 0 Å². The van der Waals surface area contributed by atoms with E-state index in [4.69, 9.17) is 4.55 Å². The first-order chi connectivity index (χ1) is 7.54. The van der Waals surface area contributed by atoms with Gasteiger partial charge in [0.1, 0.15) is 0 Å². The maximum atomic E-state index is 10.5. The Kier molecular flexibility index (Phi) is 3.87. The van der Waals surface area contributed by atoms with Crippen molar-refractivity contribution in [2.45, 2.75) is 44.6 Å². The van der Waals surface area contributed by atoms with E-state index in [1.54, 1.807) is 0 Å². The van der Waals surface area contributed by atoms with Crippen LogP contribution in [0.5, 0.6) is 0 Å². The Labute approximate surface area is 97.6 Å². The summed E-state index contributed by atoms with van der Waals surface area (Å²) in [5.74, 6) is 1.71. The second kappa shape index (κ2) is 5.02. The van der Waals surface area contributed by atoms with Crippen LogP contribution in [0.2, 0.25) is 0 Å². The van der Waals surface area contributed by atoms with E-state index in [0.717, 1.165) is 24.8 Å². The molecule has 2 saturated carbocycles. The Hall–Kier alpha value is -0.130. The molecule has 0 aromatic rings. The molecule has 0 aromatic heterocycles. The molecule has 94 valence electrons. The van der Waals surface area contributed by atoms with Gasteiger partial charge < -0.3 is 5.32 Å². The van der Waals surface area contributed by atoms with E-state index < -0.39 is 10.1 Å². The molecule has 0 aromatic carbocycles. The number of rotatable bonds is 6. The maximum Gasteiger partial charge on any atom is 0.264 e. The molecule has 0 saturated heterocycles. The predicted molar refractivity (Wildman–Crippen MR) is 62.9 cm³/mol. The van der Waals surface area contributed by atoms with Crippen LogP contribution in [0.15, 0.2) is 0 Å². The van der Waals surface area contributed by atoms with Crippen LogP contribution < -0.4 is 5.32 Å². The van der Waals surface area contributed by atoms with Crippen LogP contribution in [0.1, 0.15) is 38.5 Å². The summed E-state index contributed by atoms with van der Waals surface area (Å²) in [7, 11) is -3.76. The van der Waals surface area contributed by atoms with Gasteiger partial charge in [0.2, 0.25) is 0 Å². The monoisotopic (exact) mass is 247 g/mol. The van der Waals surface area contributed by atoms with Crippen molar-refractivity contribution >= 4 is 10.1 Å². The highest BCUT2D eigenvalue weighted by Crippen LogP contribution is 2.44. The lowest BCUT2D eigenvalue weighted by Crippen LogP contribution is -2.34. The third kappa shape index (κ3) is 3.43. The van der Waals surface area contributed by atoms with Gasteiger partial charge in [-0.25, -0.2) is 0 Å². The highest BCUT2D eigenvalue weighted by Gasteiger charge is 2.38. The molecule has 0 spiro atoms. The Balaban J connectivity index is 1.56. The molecular weight excluding hydrogens is 226 g/mol. The van der Waals surface area contributed by atoms with Gasteiger partial charge in [0.05, 0.1) is 5.75 Å². The van der Waals surface area contributed by atoms with E-state index in [2.05, 4.69) is 5.32 Å². The molecule has 0 amide bonds. The van der Waals surface area contributed by atoms with Gasteiger partial charge in [0.15, 0.2) is 0 Å². The molecule has 5 heteroatoms. The zero-order valence-electron chi connectivity index (χ0n) is 9.56. The molecule has 0 heterocycles. The molecule has 2 aliphatic carbocycles. The molecule has 2 N–H and O–H groups in total. The minimum Gasteiger partial charge on any atom is -0.314 e. The second-order valence-corrected chi connectivity index (χ2v) is 6.80. The summed E-state index contributed by atoms with van der Waals surface area (Å²) in [6, 6.07) is 0.671. The first kappa shape index (κ1) is 12.3. The van der Waals surface area contributed by atoms with Crippen LogP contribution in [0.25, 0.3) is 0 Å². The third-order valence-corrected chi connectivity index (χ3v) is 4.78. The molecule has 3 unspecified atom stereocenters. The van der Waals surface area contributed by atoms with Gasteiger partial charge in [0.25, 0.3) is 10.1 Å². The lowest BCUT2D eigenvalue weighted by Gasteiger charge is -2.22. The summed E-state index contributed by atoms with van der Waals surface area (Å²) >= 11 is 0. The first-order valence-electron chi connectivity index (χ1n) is 6.23. The van der Waals surface area contributed by atoms with Crippen molar-refractivity contribution in [3.63, 3.8) is 0 Å². The zero-order valence-corrected chi connectivity index (χ0v) is 10.4. The fourth-order valence-corrected chi connectivity index (χ4v) is 3.76. The van der Waals surface area contributed by atoms with Crippen molar-refractivity contribution < 1.29 is 13.0 Å². The van der Waals surface area contributed by atoms with Crippen molar-refractivity contribution in [1.82, 2.24) is 5.32 Å². The molecule has 4 nitrogen and oxygen atoms in total. The lowest BCUT2D eigenvalue weighted by atomic mass is 9.95. The van der Waals surface area contributed by atoms with E-state index in [0.29, 0.717) is 12.5 Å². The topological polar surface area (TPSA) is 66.4 Å². The predicted octanol–water partition coefficient (Wildman–Crippen LogP) is 1.43. The Morgan fingerprint density at radius 1 is 1.19 bits per heavy atom. The van der Waals surface area contributed by atoms with Gasteiger partial charge in [-0.3, -0.25) is 4.55 Å². The normalized spacial score (nSPS) is 33.4. The van der Waals surface area contributed by atoms with Crippen LogP contribution in [-0.2, 0) is 10.1 Å². The summed E-state index contributed by atoms with van der Waals surface area (Å²) in [5, 5.41) is 3.52. The minimum absolute atomic E-state index is 0.106. The van der Waals surface area contributed by atoms with Crippen LogP contribution in [0, 0.1) is 11.8 Å². The summed E-state index contributed by atoms with van der Waals surface area (Å²) in [5.41, 5.74) is 0. The smallest absolute Gasteiger partial charge is 0.264 e. The van der Waals surface area contributed by atoms with E-state index in [9.17, 15) is 8.42 Å². The van der Waals surface area contributed by atoms with E-state index in [1.807, 2.05) is 0 Å². The van der Waals surface area contributed by atoms with Gasteiger partial charge in [-0.15, -0.1) is 0 Å². The van der Waals surface area contributed by atoms with Gasteiger partial charge in [-0.1, -0.05) is 6.42 Å². The van der Waals surface area contributed by atoms with Gasteiger partial charge in [-0.2, -0.15) is 8.42 Å².